The summed E-state index contributed by atoms with van der Waals surface area (Å²) in [5, 5.41) is 6.99. The highest BCUT2D eigenvalue weighted by molar-refractivity contribution is 7.99. The van der Waals surface area contributed by atoms with Crippen molar-refractivity contribution in [3.8, 4) is 0 Å². The van der Waals surface area contributed by atoms with Crippen molar-refractivity contribution >= 4 is 17.5 Å². The summed E-state index contributed by atoms with van der Waals surface area (Å²) in [7, 11) is 0. The molecule has 0 unspecified atom stereocenters. The van der Waals surface area contributed by atoms with E-state index in [1.165, 1.54) is 11.8 Å². The topological polar surface area (TPSA) is 83.5 Å². The van der Waals surface area contributed by atoms with Gasteiger partial charge in [0.05, 0.1) is 11.4 Å². The molecule has 0 aliphatic rings. The molecular weight excluding hydrogens is 312 g/mol. The van der Waals surface area contributed by atoms with Crippen LogP contribution in [0.15, 0.2) is 58.6 Å². The van der Waals surface area contributed by atoms with Gasteiger partial charge in [-0.1, -0.05) is 42.1 Å². The molecule has 3 aromatic rings. The van der Waals surface area contributed by atoms with Crippen molar-refractivity contribution in [3.05, 3.63) is 70.4 Å². The molecule has 0 atom stereocenters. The quantitative estimate of drug-likeness (QED) is 0.514. The Kier molecular flexibility index (Phi) is 4.77. The van der Waals surface area contributed by atoms with E-state index >= 15 is 0 Å². The molecule has 0 aliphatic carbocycles. The van der Waals surface area contributed by atoms with Gasteiger partial charge in [-0.05, 0) is 24.1 Å². The number of nitrogens with zero attached hydrogens (tertiary/aromatic N) is 2. The number of aryl methyl sites for hydroxylation is 1. The molecule has 118 valence electrons. The highest BCUT2D eigenvalue weighted by Gasteiger charge is 2.13. The van der Waals surface area contributed by atoms with Crippen LogP contribution in [0.25, 0.3) is 0 Å². The van der Waals surface area contributed by atoms with Gasteiger partial charge < -0.3 is 4.98 Å². The molecule has 0 fully saturated rings. The minimum Gasteiger partial charge on any atom is -0.359 e. The molecule has 23 heavy (non-hydrogen) atoms. The Bertz CT molecular complexity index is 821. The van der Waals surface area contributed by atoms with E-state index in [0.29, 0.717) is 17.4 Å². The lowest BCUT2D eigenvalue weighted by Crippen LogP contribution is -2.19. The average Bonchev–Trinajstić information content (AvgIpc) is 3.22. The number of carbonyl (C=O) groups excluding carboxylic acids is 1. The van der Waals surface area contributed by atoms with Crippen LogP contribution in [0.2, 0.25) is 0 Å². The molecule has 2 heterocycles. The number of ketones is 1. The van der Waals surface area contributed by atoms with Crippen molar-refractivity contribution in [3.63, 3.8) is 0 Å². The van der Waals surface area contributed by atoms with E-state index in [2.05, 4.69) is 15.2 Å². The number of H-pyrrole nitrogens is 2. The molecule has 7 heteroatoms. The van der Waals surface area contributed by atoms with E-state index in [1.54, 1.807) is 22.9 Å². The van der Waals surface area contributed by atoms with Crippen LogP contribution in [0.5, 0.6) is 0 Å². The predicted octanol–water partition coefficient (Wildman–Crippen LogP) is 2.12. The van der Waals surface area contributed by atoms with Crippen LogP contribution >= 0.6 is 11.8 Å². The second-order valence-corrected chi connectivity index (χ2v) is 5.94. The zero-order valence-electron chi connectivity index (χ0n) is 12.4. The number of carbonyl (C=O) groups is 1. The Labute approximate surface area is 136 Å². The summed E-state index contributed by atoms with van der Waals surface area (Å²) in [5.41, 5.74) is 1.46. The fourth-order valence-corrected chi connectivity index (χ4v) is 3.06. The van der Waals surface area contributed by atoms with Crippen molar-refractivity contribution in [1.29, 1.82) is 0 Å². The van der Waals surface area contributed by atoms with Gasteiger partial charge in [-0.2, -0.15) is 0 Å². The Morgan fingerprint density at radius 2 is 2.00 bits per heavy atom. The number of rotatable bonds is 7. The van der Waals surface area contributed by atoms with Crippen molar-refractivity contribution in [2.24, 2.45) is 0 Å². The lowest BCUT2D eigenvalue weighted by Gasteiger charge is -2.05. The number of hydrogen-bond donors (Lipinski definition) is 2. The predicted molar refractivity (Wildman–Crippen MR) is 88.8 cm³/mol. The SMILES string of the molecule is O=C(CSc1n[nH]c(=O)n1CCc1ccccc1)c1ccc[nH]1. The number of nitrogens with one attached hydrogen (secondary N) is 2. The summed E-state index contributed by atoms with van der Waals surface area (Å²) in [4.78, 5) is 26.8. The van der Waals surface area contributed by atoms with E-state index in [-0.39, 0.29) is 17.2 Å². The molecule has 0 spiro atoms. The smallest absolute Gasteiger partial charge is 0.343 e. The zero-order chi connectivity index (χ0) is 16.1. The van der Waals surface area contributed by atoms with Gasteiger partial charge in [0.2, 0.25) is 0 Å². The van der Waals surface area contributed by atoms with Gasteiger partial charge in [0, 0.05) is 12.7 Å². The molecule has 0 saturated carbocycles. The molecule has 6 nitrogen and oxygen atoms in total. The molecule has 3 rings (SSSR count). The number of benzene rings is 1. The van der Waals surface area contributed by atoms with Crippen molar-refractivity contribution in [1.82, 2.24) is 19.7 Å². The van der Waals surface area contributed by atoms with Gasteiger partial charge in [-0.3, -0.25) is 9.36 Å². The molecule has 0 radical (unpaired) electrons. The highest BCUT2D eigenvalue weighted by Crippen LogP contribution is 2.15. The van der Waals surface area contributed by atoms with Crippen molar-refractivity contribution in [2.45, 2.75) is 18.1 Å². The van der Waals surface area contributed by atoms with Gasteiger partial charge in [0.1, 0.15) is 0 Å². The third-order valence-corrected chi connectivity index (χ3v) is 4.40. The van der Waals surface area contributed by atoms with Crippen LogP contribution in [0.3, 0.4) is 0 Å². The Morgan fingerprint density at radius 3 is 2.74 bits per heavy atom. The number of aromatic nitrogens is 4. The van der Waals surface area contributed by atoms with Gasteiger partial charge >= 0.3 is 5.69 Å². The van der Waals surface area contributed by atoms with Crippen LogP contribution in [0, 0.1) is 0 Å². The fourth-order valence-electron chi connectivity index (χ4n) is 2.21. The molecule has 0 bridgehead atoms. The van der Waals surface area contributed by atoms with Crippen LogP contribution in [0.4, 0.5) is 0 Å². The van der Waals surface area contributed by atoms with Crippen LogP contribution < -0.4 is 5.69 Å². The minimum atomic E-state index is -0.254. The van der Waals surface area contributed by atoms with Gasteiger partial charge in [-0.25, -0.2) is 9.89 Å². The van der Waals surface area contributed by atoms with Crippen molar-refractivity contribution in [2.75, 3.05) is 5.75 Å². The first-order valence-corrected chi connectivity index (χ1v) is 8.21. The maximum absolute atomic E-state index is 12.0. The lowest BCUT2D eigenvalue weighted by atomic mass is 10.1. The molecule has 2 N–H and O–H groups in total. The average molecular weight is 328 g/mol. The molecule has 0 aliphatic heterocycles. The monoisotopic (exact) mass is 328 g/mol. The second-order valence-electron chi connectivity index (χ2n) is 4.99. The van der Waals surface area contributed by atoms with Gasteiger partial charge in [0.15, 0.2) is 10.9 Å². The standard InChI is InChI=1S/C16H16N4O2S/c21-14(13-7-4-9-17-13)11-23-16-19-18-15(22)20(16)10-8-12-5-2-1-3-6-12/h1-7,9,17H,8,10-11H2,(H,18,22). The Morgan fingerprint density at radius 1 is 1.17 bits per heavy atom. The molecule has 1 aromatic carbocycles. The summed E-state index contributed by atoms with van der Waals surface area (Å²) in [5.74, 6) is 0.209. The minimum absolute atomic E-state index is 0.0231. The molecule has 0 amide bonds. The summed E-state index contributed by atoms with van der Waals surface area (Å²) in [6.45, 7) is 0.526. The summed E-state index contributed by atoms with van der Waals surface area (Å²) >= 11 is 1.26. The van der Waals surface area contributed by atoms with Crippen LogP contribution in [0.1, 0.15) is 16.1 Å². The third-order valence-electron chi connectivity index (χ3n) is 3.42. The number of aromatic amines is 2. The van der Waals surface area contributed by atoms with Crippen LogP contribution in [-0.2, 0) is 13.0 Å². The summed E-state index contributed by atoms with van der Waals surface area (Å²) in [6, 6.07) is 13.5. The van der Waals surface area contributed by atoms with Gasteiger partial charge in [0.25, 0.3) is 0 Å². The molecule has 2 aromatic heterocycles. The highest BCUT2D eigenvalue weighted by atomic mass is 32.2. The normalized spacial score (nSPS) is 10.8. The first-order chi connectivity index (χ1) is 11.2. The first kappa shape index (κ1) is 15.4. The number of thioether (sulfide) groups is 1. The van der Waals surface area contributed by atoms with E-state index in [4.69, 9.17) is 0 Å². The van der Waals surface area contributed by atoms with Gasteiger partial charge in [-0.15, -0.1) is 5.10 Å². The summed E-state index contributed by atoms with van der Waals surface area (Å²) in [6.07, 6.45) is 2.45. The Hall–Kier alpha value is -2.54. The maximum atomic E-state index is 12.0. The molecular formula is C16H16N4O2S. The number of hydrogen-bond acceptors (Lipinski definition) is 4. The van der Waals surface area contributed by atoms with E-state index in [1.807, 2.05) is 30.3 Å². The molecule has 0 saturated heterocycles. The van der Waals surface area contributed by atoms with Crippen LogP contribution in [-0.4, -0.2) is 31.3 Å². The summed E-state index contributed by atoms with van der Waals surface area (Å²) < 4.78 is 1.57. The van der Waals surface area contributed by atoms with E-state index < -0.39 is 0 Å². The fraction of sp³-hybridized carbons (Fsp3) is 0.188. The van der Waals surface area contributed by atoms with Crippen molar-refractivity contribution < 1.29 is 4.79 Å². The van der Waals surface area contributed by atoms with E-state index in [9.17, 15) is 9.59 Å². The lowest BCUT2D eigenvalue weighted by molar-refractivity contribution is 0.101. The Balaban J connectivity index is 1.64. The third kappa shape index (κ3) is 3.81. The van der Waals surface area contributed by atoms with E-state index in [0.717, 1.165) is 12.0 Å². The zero-order valence-corrected chi connectivity index (χ0v) is 13.2. The largest absolute Gasteiger partial charge is 0.359 e. The first-order valence-electron chi connectivity index (χ1n) is 7.22. The second kappa shape index (κ2) is 7.15. The number of Topliss-reactive ketones (excluding diaryl/α,β-unsaturated/α-hetero) is 1. The maximum Gasteiger partial charge on any atom is 0.343 e.